The fourth-order valence-corrected chi connectivity index (χ4v) is 2.85. The van der Waals surface area contributed by atoms with E-state index in [2.05, 4.69) is 40.0 Å². The van der Waals surface area contributed by atoms with Crippen molar-refractivity contribution in [3.05, 3.63) is 42.0 Å². The fourth-order valence-electron chi connectivity index (χ4n) is 2.85. The highest BCUT2D eigenvalue weighted by Crippen LogP contribution is 2.28. The van der Waals surface area contributed by atoms with Crippen LogP contribution in [0.4, 0.5) is 0 Å². The minimum Gasteiger partial charge on any atom is -0.348 e. The topological polar surface area (TPSA) is 48.8 Å². The van der Waals surface area contributed by atoms with Crippen molar-refractivity contribution in [2.24, 2.45) is 5.73 Å². The molecular weight excluding hydrogens is 236 g/mol. The van der Waals surface area contributed by atoms with Crippen LogP contribution in [0.1, 0.15) is 55.9 Å². The molecule has 0 bridgehead atoms. The molecule has 1 aliphatic rings. The molecule has 2 aromatic rings. The number of nitrogens with two attached hydrogens (primary N) is 1. The van der Waals surface area contributed by atoms with Crippen molar-refractivity contribution < 1.29 is 0 Å². The Balaban J connectivity index is 1.68. The normalized spacial score (nSPS) is 18.0. The van der Waals surface area contributed by atoms with Crippen LogP contribution in [0.5, 0.6) is 0 Å². The van der Waals surface area contributed by atoms with E-state index in [4.69, 9.17) is 10.8 Å². The maximum absolute atomic E-state index is 5.87. The van der Waals surface area contributed by atoms with Crippen LogP contribution in [-0.2, 0) is 6.54 Å². The quantitative estimate of drug-likeness (QED) is 0.916. The van der Waals surface area contributed by atoms with Crippen LogP contribution < -0.4 is 5.73 Å². The summed E-state index contributed by atoms with van der Waals surface area (Å²) in [4.78, 5) is 0. The van der Waals surface area contributed by atoms with Gasteiger partial charge < -0.3 is 10.3 Å². The largest absolute Gasteiger partial charge is 0.348 e. The molecule has 1 fully saturated rings. The van der Waals surface area contributed by atoms with E-state index in [-0.39, 0.29) is 6.04 Å². The van der Waals surface area contributed by atoms with Crippen molar-refractivity contribution >= 4 is 0 Å². The molecule has 1 aliphatic carbocycles. The third-order valence-electron chi connectivity index (χ3n) is 4.01. The van der Waals surface area contributed by atoms with Crippen molar-refractivity contribution in [1.29, 1.82) is 0 Å². The smallest absolute Gasteiger partial charge is 0.0821 e. The zero-order chi connectivity index (χ0) is 13.2. The molecule has 0 aliphatic heterocycles. The average molecular weight is 258 g/mol. The number of aromatic nitrogens is 3. The Morgan fingerprint density at radius 1 is 1.32 bits per heavy atom. The highest BCUT2D eigenvalue weighted by atomic mass is 15.3. The Morgan fingerprint density at radius 2 is 2.11 bits per heavy atom. The van der Waals surface area contributed by atoms with E-state index in [1.807, 2.05) is 6.92 Å². The molecule has 1 unspecified atom stereocenters. The first-order valence-corrected chi connectivity index (χ1v) is 7.17. The van der Waals surface area contributed by atoms with Crippen molar-refractivity contribution in [3.8, 4) is 0 Å². The van der Waals surface area contributed by atoms with Crippen molar-refractivity contribution in [2.75, 3.05) is 0 Å². The summed E-state index contributed by atoms with van der Waals surface area (Å²) in [6, 6.07) is 4.93. The maximum Gasteiger partial charge on any atom is 0.0821 e. The van der Waals surface area contributed by atoms with Gasteiger partial charge in [0.25, 0.3) is 0 Å². The zero-order valence-electron chi connectivity index (χ0n) is 11.5. The minimum atomic E-state index is 0.0947. The minimum absolute atomic E-state index is 0.0947. The van der Waals surface area contributed by atoms with Gasteiger partial charge in [-0.15, -0.1) is 0 Å². The van der Waals surface area contributed by atoms with Gasteiger partial charge in [-0.1, -0.05) is 12.8 Å². The monoisotopic (exact) mass is 258 g/mol. The molecule has 2 aromatic heterocycles. The predicted molar refractivity (Wildman–Crippen MR) is 75.9 cm³/mol. The number of hydrogen-bond donors (Lipinski definition) is 1. The third-order valence-corrected chi connectivity index (χ3v) is 4.01. The number of hydrogen-bond acceptors (Lipinski definition) is 2. The second-order valence-corrected chi connectivity index (χ2v) is 5.63. The summed E-state index contributed by atoms with van der Waals surface area (Å²) in [7, 11) is 0. The van der Waals surface area contributed by atoms with E-state index in [0.717, 1.165) is 12.2 Å². The molecule has 0 amide bonds. The highest BCUT2D eigenvalue weighted by Gasteiger charge is 2.17. The van der Waals surface area contributed by atoms with Gasteiger partial charge in [-0.05, 0) is 37.5 Å². The summed E-state index contributed by atoms with van der Waals surface area (Å²) >= 11 is 0. The standard InChI is InChI=1S/C15H22N4/c1-12(16)13-6-8-18(10-13)11-14-7-9-19(17-14)15-4-2-3-5-15/h6-10,12,15H,2-5,11,16H2,1H3. The average Bonchev–Trinajstić information content (AvgIpc) is 3.09. The predicted octanol–water partition coefficient (Wildman–Crippen LogP) is 2.87. The van der Waals surface area contributed by atoms with Gasteiger partial charge in [-0.25, -0.2) is 0 Å². The number of nitrogens with zero attached hydrogens (tertiary/aromatic N) is 3. The lowest BCUT2D eigenvalue weighted by Gasteiger charge is -2.08. The Labute approximate surface area is 114 Å². The molecule has 1 saturated carbocycles. The first kappa shape index (κ1) is 12.5. The summed E-state index contributed by atoms with van der Waals surface area (Å²) in [6.07, 6.45) is 11.6. The molecule has 0 aromatic carbocycles. The molecule has 1 atom stereocenters. The van der Waals surface area contributed by atoms with Crippen LogP contribution in [-0.4, -0.2) is 14.3 Å². The van der Waals surface area contributed by atoms with E-state index in [9.17, 15) is 0 Å². The van der Waals surface area contributed by atoms with Crippen LogP contribution >= 0.6 is 0 Å². The molecule has 0 saturated heterocycles. The Morgan fingerprint density at radius 3 is 2.79 bits per heavy atom. The van der Waals surface area contributed by atoms with E-state index in [0.29, 0.717) is 6.04 Å². The lowest BCUT2D eigenvalue weighted by Crippen LogP contribution is -2.07. The molecule has 3 rings (SSSR count). The maximum atomic E-state index is 5.87. The summed E-state index contributed by atoms with van der Waals surface area (Å²) in [6.45, 7) is 2.83. The van der Waals surface area contributed by atoms with Gasteiger partial charge in [0.1, 0.15) is 0 Å². The Hall–Kier alpha value is -1.55. The summed E-state index contributed by atoms with van der Waals surface area (Å²) < 4.78 is 4.30. The fraction of sp³-hybridized carbons (Fsp3) is 0.533. The van der Waals surface area contributed by atoms with Gasteiger partial charge in [-0.2, -0.15) is 5.10 Å². The van der Waals surface area contributed by atoms with E-state index >= 15 is 0 Å². The molecule has 2 N–H and O–H groups in total. The van der Waals surface area contributed by atoms with Crippen LogP contribution in [0.3, 0.4) is 0 Å². The molecule has 2 heterocycles. The molecule has 0 radical (unpaired) electrons. The molecule has 102 valence electrons. The van der Waals surface area contributed by atoms with Crippen molar-refractivity contribution in [1.82, 2.24) is 14.3 Å². The van der Waals surface area contributed by atoms with Gasteiger partial charge in [0.05, 0.1) is 18.3 Å². The van der Waals surface area contributed by atoms with Gasteiger partial charge in [0.15, 0.2) is 0 Å². The van der Waals surface area contributed by atoms with Crippen LogP contribution in [0.2, 0.25) is 0 Å². The summed E-state index contributed by atoms with van der Waals surface area (Å²) in [5, 5.41) is 4.71. The van der Waals surface area contributed by atoms with Gasteiger partial charge >= 0.3 is 0 Å². The Bertz CT molecular complexity index is 532. The number of rotatable bonds is 4. The van der Waals surface area contributed by atoms with Crippen LogP contribution in [0, 0.1) is 0 Å². The zero-order valence-corrected chi connectivity index (χ0v) is 11.5. The highest BCUT2D eigenvalue weighted by molar-refractivity contribution is 5.15. The van der Waals surface area contributed by atoms with Crippen molar-refractivity contribution in [3.63, 3.8) is 0 Å². The van der Waals surface area contributed by atoms with Crippen molar-refractivity contribution in [2.45, 2.75) is 51.2 Å². The van der Waals surface area contributed by atoms with Crippen LogP contribution in [0.25, 0.3) is 0 Å². The SMILES string of the molecule is CC(N)c1ccn(Cc2ccn(C3CCCC3)n2)c1. The lowest BCUT2D eigenvalue weighted by molar-refractivity contribution is 0.461. The second-order valence-electron chi connectivity index (χ2n) is 5.63. The second kappa shape index (κ2) is 5.21. The first-order chi connectivity index (χ1) is 9.22. The molecule has 19 heavy (non-hydrogen) atoms. The molecule has 4 heteroatoms. The molecule has 0 spiro atoms. The van der Waals surface area contributed by atoms with E-state index in [1.165, 1.54) is 31.2 Å². The first-order valence-electron chi connectivity index (χ1n) is 7.17. The van der Waals surface area contributed by atoms with Crippen LogP contribution in [0.15, 0.2) is 30.7 Å². The van der Waals surface area contributed by atoms with Gasteiger partial charge in [0, 0.05) is 24.6 Å². The third kappa shape index (κ3) is 2.73. The van der Waals surface area contributed by atoms with Gasteiger partial charge in [0.2, 0.25) is 0 Å². The molecule has 4 nitrogen and oxygen atoms in total. The lowest BCUT2D eigenvalue weighted by atomic mass is 10.2. The summed E-state index contributed by atoms with van der Waals surface area (Å²) in [5.74, 6) is 0. The summed E-state index contributed by atoms with van der Waals surface area (Å²) in [5.41, 5.74) is 8.17. The van der Waals surface area contributed by atoms with E-state index < -0.39 is 0 Å². The van der Waals surface area contributed by atoms with Gasteiger partial charge in [-0.3, -0.25) is 4.68 Å². The molecular formula is C15H22N4. The Kier molecular flexibility index (Phi) is 3.42. The van der Waals surface area contributed by atoms with E-state index in [1.54, 1.807) is 0 Å².